The molecule has 0 bridgehead atoms. The molecule has 1 aliphatic heterocycles. The number of nitrogens with zero attached hydrogens (tertiary/aromatic N) is 1. The highest BCUT2D eigenvalue weighted by Crippen LogP contribution is 2.50. The van der Waals surface area contributed by atoms with Crippen LogP contribution in [-0.4, -0.2) is 11.3 Å². The fourth-order valence-corrected chi connectivity index (χ4v) is 9.71. The lowest BCUT2D eigenvalue weighted by molar-refractivity contribution is 0.487. The Hall–Kier alpha value is -7.36. The molecule has 0 saturated carbocycles. The van der Waals surface area contributed by atoms with E-state index < -0.39 is 0 Å². The predicted molar refractivity (Wildman–Crippen MR) is 239 cm³/mol. The zero-order valence-corrected chi connectivity index (χ0v) is 31.1. The summed E-state index contributed by atoms with van der Waals surface area (Å²) in [5, 5.41) is 2.47. The van der Waals surface area contributed by atoms with Gasteiger partial charge in [0.1, 0.15) is 11.5 Å². The number of aromatic nitrogens is 1. The van der Waals surface area contributed by atoms with Gasteiger partial charge in [-0.25, -0.2) is 0 Å². The van der Waals surface area contributed by atoms with Crippen LogP contribution < -0.4 is 21.1 Å². The molecule has 9 aromatic carbocycles. The second-order valence-corrected chi connectivity index (χ2v) is 15.1. The summed E-state index contributed by atoms with van der Waals surface area (Å²) in [6.45, 7) is 0.00714. The molecule has 0 saturated heterocycles. The Labute approximate surface area is 332 Å². The first-order valence-corrected chi connectivity index (χ1v) is 19.7. The lowest BCUT2D eigenvalue weighted by Crippen LogP contribution is -2.55. The molecular weight excluding hydrogens is 689 g/mol. The first-order chi connectivity index (χ1) is 28.3. The van der Waals surface area contributed by atoms with Crippen molar-refractivity contribution in [3.05, 3.63) is 206 Å². The van der Waals surface area contributed by atoms with E-state index in [0.29, 0.717) is 0 Å². The van der Waals surface area contributed by atoms with Gasteiger partial charge in [0.25, 0.3) is 6.71 Å². The number of rotatable bonds is 3. The van der Waals surface area contributed by atoms with Crippen LogP contribution in [0.3, 0.4) is 0 Å². The summed E-state index contributed by atoms with van der Waals surface area (Å²) in [5.74, 6) is 1.82. The largest absolute Gasteiger partial charge is 0.458 e. The van der Waals surface area contributed by atoms with Gasteiger partial charge in [-0.15, -0.1) is 0 Å². The van der Waals surface area contributed by atoms with Gasteiger partial charge in [-0.3, -0.25) is 0 Å². The van der Waals surface area contributed by atoms with E-state index in [1.54, 1.807) is 0 Å². The fourth-order valence-electron chi connectivity index (χ4n) is 9.71. The summed E-state index contributed by atoms with van der Waals surface area (Å²) < 4.78 is 8.98. The molecule has 0 N–H and O–H groups in total. The summed E-state index contributed by atoms with van der Waals surface area (Å²) >= 11 is 0. The summed E-state index contributed by atoms with van der Waals surface area (Å²) in [7, 11) is 0. The highest BCUT2D eigenvalue weighted by molar-refractivity contribution is 6.97. The maximum absolute atomic E-state index is 6.48. The van der Waals surface area contributed by atoms with Crippen LogP contribution in [0.15, 0.2) is 206 Å². The zero-order valence-electron chi connectivity index (χ0n) is 31.1. The van der Waals surface area contributed by atoms with Crippen LogP contribution in [0.25, 0.3) is 83.1 Å². The molecule has 12 rings (SSSR count). The van der Waals surface area contributed by atoms with Gasteiger partial charge in [-0.2, -0.15) is 0 Å². The number of ether oxygens (including phenoxy) is 1. The van der Waals surface area contributed by atoms with Gasteiger partial charge in [-0.05, 0) is 97.4 Å². The van der Waals surface area contributed by atoms with Gasteiger partial charge in [-0.1, -0.05) is 175 Å². The lowest BCUT2D eigenvalue weighted by atomic mass is 9.35. The van der Waals surface area contributed by atoms with Crippen molar-refractivity contribution in [1.82, 2.24) is 4.57 Å². The Morgan fingerprint density at radius 3 is 1.32 bits per heavy atom. The van der Waals surface area contributed by atoms with Crippen LogP contribution in [0, 0.1) is 0 Å². The van der Waals surface area contributed by atoms with Crippen molar-refractivity contribution >= 4 is 44.9 Å². The highest BCUT2D eigenvalue weighted by atomic mass is 16.5. The lowest BCUT2D eigenvalue weighted by Gasteiger charge is -2.28. The van der Waals surface area contributed by atoms with E-state index in [1.165, 1.54) is 93.8 Å². The van der Waals surface area contributed by atoms with Crippen molar-refractivity contribution in [2.45, 2.75) is 0 Å². The van der Waals surface area contributed by atoms with Crippen molar-refractivity contribution in [1.29, 1.82) is 0 Å². The fraction of sp³-hybridized carbons (Fsp3) is 0. The van der Waals surface area contributed by atoms with E-state index in [1.807, 2.05) is 0 Å². The van der Waals surface area contributed by atoms with Crippen molar-refractivity contribution in [2.24, 2.45) is 0 Å². The Kier molecular flexibility index (Phi) is 7.06. The summed E-state index contributed by atoms with van der Waals surface area (Å²) in [6.07, 6.45) is 0. The second-order valence-electron chi connectivity index (χ2n) is 15.1. The SMILES string of the molecule is c1ccc2c(c1)Oc1ccccc1B2c1ccccc1-c1ccccc1-n1c2ccccc2c2cc3c(cc21)-c1ccccc1-c1ccccc1-c1ccccc1-3. The van der Waals surface area contributed by atoms with E-state index in [-0.39, 0.29) is 6.71 Å². The molecule has 0 spiro atoms. The molecule has 0 radical (unpaired) electrons. The van der Waals surface area contributed by atoms with Crippen LogP contribution in [-0.2, 0) is 0 Å². The van der Waals surface area contributed by atoms with Crippen molar-refractivity contribution in [2.75, 3.05) is 0 Å². The highest BCUT2D eigenvalue weighted by Gasteiger charge is 2.34. The number of benzene rings is 9. The molecule has 0 unspecified atom stereocenters. The van der Waals surface area contributed by atoms with Crippen molar-refractivity contribution in [3.63, 3.8) is 0 Å². The number of hydrogen-bond donors (Lipinski definition) is 0. The number of fused-ring (bicyclic) bond motifs is 13. The molecule has 264 valence electrons. The molecule has 10 aromatic rings. The van der Waals surface area contributed by atoms with Crippen LogP contribution in [0.5, 0.6) is 11.5 Å². The molecule has 0 atom stereocenters. The third-order valence-corrected chi connectivity index (χ3v) is 12.1. The van der Waals surface area contributed by atoms with E-state index >= 15 is 0 Å². The molecule has 2 heterocycles. The van der Waals surface area contributed by atoms with E-state index in [9.17, 15) is 0 Å². The normalized spacial score (nSPS) is 12.3. The monoisotopic (exact) mass is 723 g/mol. The Morgan fingerprint density at radius 2 is 0.719 bits per heavy atom. The quantitative estimate of drug-likeness (QED) is 0.166. The molecule has 2 aliphatic rings. The van der Waals surface area contributed by atoms with Crippen LogP contribution >= 0.6 is 0 Å². The minimum Gasteiger partial charge on any atom is -0.458 e. The van der Waals surface area contributed by atoms with Gasteiger partial charge in [0.15, 0.2) is 0 Å². The molecule has 0 fully saturated rings. The standard InChI is InChI=1S/C54H34BNO/c1-2-18-36-35(17-1)37-19-3-5-21-39(37)44-33-46-43-25-9-14-30-51(43)56(52(46)34-45(44)40-22-6-4-20-38(36)40)50-29-13-8-24-42(50)41-23-7-10-26-47(41)55-48-27-11-15-31-53(48)57-54-32-16-12-28-49(54)55/h1-34H. The first-order valence-electron chi connectivity index (χ1n) is 19.7. The third-order valence-electron chi connectivity index (χ3n) is 12.1. The van der Waals surface area contributed by atoms with Crippen LogP contribution in [0.1, 0.15) is 0 Å². The first kappa shape index (κ1) is 31.9. The van der Waals surface area contributed by atoms with E-state index in [0.717, 1.165) is 17.2 Å². The Balaban J connectivity index is 1.15. The molecule has 57 heavy (non-hydrogen) atoms. The van der Waals surface area contributed by atoms with Crippen LogP contribution in [0.4, 0.5) is 0 Å². The van der Waals surface area contributed by atoms with Crippen molar-refractivity contribution < 1.29 is 4.74 Å². The van der Waals surface area contributed by atoms with Gasteiger partial charge in [0.05, 0.1) is 16.7 Å². The minimum absolute atomic E-state index is 0.00714. The topological polar surface area (TPSA) is 14.2 Å². The summed E-state index contributed by atoms with van der Waals surface area (Å²) in [5.41, 5.74) is 19.5. The van der Waals surface area contributed by atoms with Crippen LogP contribution in [0.2, 0.25) is 0 Å². The summed E-state index contributed by atoms with van der Waals surface area (Å²) in [4.78, 5) is 0. The maximum atomic E-state index is 6.48. The van der Waals surface area contributed by atoms with Gasteiger partial charge >= 0.3 is 0 Å². The molecule has 2 nitrogen and oxygen atoms in total. The van der Waals surface area contributed by atoms with Gasteiger partial charge in [0.2, 0.25) is 0 Å². The van der Waals surface area contributed by atoms with Crippen molar-refractivity contribution in [3.8, 4) is 72.8 Å². The zero-order chi connectivity index (χ0) is 37.5. The maximum Gasteiger partial charge on any atom is 0.251 e. The number of para-hydroxylation sites is 4. The summed E-state index contributed by atoms with van der Waals surface area (Å²) in [6, 6.07) is 75.4. The van der Waals surface area contributed by atoms with E-state index in [4.69, 9.17) is 4.74 Å². The average Bonchev–Trinajstić information content (AvgIpc) is 3.60. The van der Waals surface area contributed by atoms with E-state index in [2.05, 4.69) is 211 Å². The predicted octanol–water partition coefficient (Wildman–Crippen LogP) is 12.1. The van der Waals surface area contributed by atoms with Gasteiger partial charge < -0.3 is 9.30 Å². The Bertz CT molecular complexity index is 3200. The van der Waals surface area contributed by atoms with Gasteiger partial charge in [0, 0.05) is 16.3 Å². The molecular formula is C54H34BNO. The smallest absolute Gasteiger partial charge is 0.251 e. The number of hydrogen-bond acceptors (Lipinski definition) is 1. The molecule has 0 amide bonds. The third kappa shape index (κ3) is 4.79. The molecule has 3 heteroatoms. The minimum atomic E-state index is 0.00714. The molecule has 1 aliphatic carbocycles. The average molecular weight is 724 g/mol. The molecule has 1 aromatic heterocycles. The second kappa shape index (κ2) is 12.6. The Morgan fingerprint density at radius 1 is 0.298 bits per heavy atom.